The minimum Gasteiger partial charge on any atom is -0.494 e. The molecule has 3 aromatic heterocycles. The van der Waals surface area contributed by atoms with Crippen LogP contribution in [0.3, 0.4) is 0 Å². The van der Waals surface area contributed by atoms with Gasteiger partial charge in [-0.05, 0) is 70.1 Å². The molecule has 5 aromatic rings. The second-order valence-electron chi connectivity index (χ2n) is 15.5. The topological polar surface area (TPSA) is 149 Å². The number of fused-ring (bicyclic) bond motifs is 2. The number of ether oxygens (including phenoxy) is 1. The minimum absolute atomic E-state index is 0.123. The third-order valence-electron chi connectivity index (χ3n) is 11.4. The van der Waals surface area contributed by atoms with Gasteiger partial charge in [-0.25, -0.2) is 14.2 Å². The van der Waals surface area contributed by atoms with Crippen molar-refractivity contribution in [2.45, 2.75) is 81.8 Å². The second-order valence-corrected chi connectivity index (χ2v) is 15.5. The highest BCUT2D eigenvalue weighted by atomic mass is 19.4. The van der Waals surface area contributed by atoms with Crippen LogP contribution in [0.5, 0.6) is 5.75 Å². The van der Waals surface area contributed by atoms with E-state index in [0.717, 1.165) is 41.6 Å². The van der Waals surface area contributed by atoms with Crippen LogP contribution in [-0.2, 0) is 22.8 Å². The lowest BCUT2D eigenvalue weighted by atomic mass is 9.96. The summed E-state index contributed by atoms with van der Waals surface area (Å²) in [6.45, 7) is 0.930. The third kappa shape index (κ3) is 8.54. The molecule has 59 heavy (non-hydrogen) atoms. The van der Waals surface area contributed by atoms with E-state index in [-0.39, 0.29) is 42.7 Å². The van der Waals surface area contributed by atoms with Gasteiger partial charge in [0.25, 0.3) is 5.91 Å². The van der Waals surface area contributed by atoms with Gasteiger partial charge >= 0.3 is 11.9 Å². The SMILES string of the molecule is CN(C)C1CCN(c2cccc3c2n(C)c(=O)n3C2CCC(=O)NC2=O)CC1F.COc1cc2nn(C3CCCCC3)cc2cc1NC(=O)c1cccc(C(F)(F)F)n1. The van der Waals surface area contributed by atoms with Crippen molar-refractivity contribution in [2.75, 3.05) is 44.5 Å². The number of carbonyl (C=O) groups is 3. The van der Waals surface area contributed by atoms with Crippen LogP contribution >= 0.6 is 0 Å². The number of halogens is 4. The van der Waals surface area contributed by atoms with Crippen molar-refractivity contribution in [3.63, 3.8) is 0 Å². The highest BCUT2D eigenvalue weighted by molar-refractivity contribution is 6.05. The van der Waals surface area contributed by atoms with Crippen LogP contribution in [0, 0.1) is 0 Å². The number of piperidine rings is 2. The molecule has 5 heterocycles. The van der Waals surface area contributed by atoms with Crippen molar-refractivity contribution in [3.8, 4) is 5.75 Å². The van der Waals surface area contributed by atoms with Crippen molar-refractivity contribution in [2.24, 2.45) is 7.05 Å². The number of methoxy groups -OCH3 is 1. The predicted octanol–water partition coefficient (Wildman–Crippen LogP) is 6.01. The smallest absolute Gasteiger partial charge is 0.433 e. The lowest BCUT2D eigenvalue weighted by Crippen LogP contribution is -2.50. The van der Waals surface area contributed by atoms with Gasteiger partial charge in [-0.15, -0.1) is 0 Å². The highest BCUT2D eigenvalue weighted by Gasteiger charge is 2.35. The summed E-state index contributed by atoms with van der Waals surface area (Å²) in [6.07, 6.45) is 3.23. The van der Waals surface area contributed by atoms with E-state index in [0.29, 0.717) is 41.5 Å². The van der Waals surface area contributed by atoms with Gasteiger partial charge in [0.1, 0.15) is 29.4 Å². The number of imidazole rings is 1. The third-order valence-corrected chi connectivity index (χ3v) is 11.4. The van der Waals surface area contributed by atoms with Crippen molar-refractivity contribution >= 4 is 51.0 Å². The Morgan fingerprint density at radius 2 is 1.75 bits per heavy atom. The molecule has 2 aliphatic heterocycles. The summed E-state index contributed by atoms with van der Waals surface area (Å²) in [5, 5.41) is 10.4. The first-order valence-corrected chi connectivity index (χ1v) is 19.7. The van der Waals surface area contributed by atoms with Gasteiger partial charge in [-0.3, -0.25) is 33.5 Å². The van der Waals surface area contributed by atoms with E-state index < -0.39 is 35.9 Å². The molecule has 0 radical (unpaired) electrons. The van der Waals surface area contributed by atoms with E-state index in [9.17, 15) is 36.7 Å². The van der Waals surface area contributed by atoms with E-state index in [4.69, 9.17) is 4.74 Å². The molecule has 0 bridgehead atoms. The fraction of sp³-hybridized carbons (Fsp3) is 0.463. The number of imide groups is 1. The van der Waals surface area contributed by atoms with Crippen molar-refractivity contribution in [1.29, 1.82) is 0 Å². The van der Waals surface area contributed by atoms with E-state index in [2.05, 4.69) is 20.7 Å². The fourth-order valence-corrected chi connectivity index (χ4v) is 8.37. The normalized spacial score (nSPS) is 20.4. The lowest BCUT2D eigenvalue weighted by molar-refractivity contribution is -0.141. The number of carbonyl (C=O) groups excluding carboxylic acids is 3. The van der Waals surface area contributed by atoms with Gasteiger partial charge in [-0.1, -0.05) is 31.4 Å². The van der Waals surface area contributed by atoms with Crippen molar-refractivity contribution in [1.82, 2.24) is 34.1 Å². The summed E-state index contributed by atoms with van der Waals surface area (Å²) in [6, 6.07) is 11.6. The molecule has 0 spiro atoms. The average molecular weight is 822 g/mol. The van der Waals surface area contributed by atoms with Crippen molar-refractivity contribution in [3.05, 3.63) is 76.6 Å². The first-order valence-electron chi connectivity index (χ1n) is 19.7. The number of benzene rings is 2. The summed E-state index contributed by atoms with van der Waals surface area (Å²) in [7, 11) is 6.89. The second kappa shape index (κ2) is 16.8. The van der Waals surface area contributed by atoms with Gasteiger partial charge in [0.15, 0.2) is 0 Å². The number of rotatable bonds is 7. The maximum absolute atomic E-state index is 14.8. The molecule has 1 saturated carbocycles. The Balaban J connectivity index is 0.000000179. The molecule has 3 aliphatic rings. The molecule has 1 aliphatic carbocycles. The number of anilines is 2. The zero-order valence-electron chi connectivity index (χ0n) is 33.3. The first kappa shape index (κ1) is 41.4. The lowest BCUT2D eigenvalue weighted by Gasteiger charge is -2.39. The predicted molar refractivity (Wildman–Crippen MR) is 213 cm³/mol. The summed E-state index contributed by atoms with van der Waals surface area (Å²) in [4.78, 5) is 56.7. The molecule has 18 heteroatoms. The number of para-hydroxylation sites is 1. The zero-order valence-corrected chi connectivity index (χ0v) is 33.3. The van der Waals surface area contributed by atoms with Crippen LogP contribution < -0.4 is 26.0 Å². The molecule has 3 fully saturated rings. The Hall–Kier alpha value is -5.78. The average Bonchev–Trinajstić information content (AvgIpc) is 3.74. The van der Waals surface area contributed by atoms with E-state index in [1.165, 1.54) is 41.6 Å². The number of aryl methyl sites for hydroxylation is 1. The molecule has 3 amide bonds. The zero-order chi connectivity index (χ0) is 42.2. The highest BCUT2D eigenvalue weighted by Crippen LogP contribution is 2.35. The molecular weight excluding hydrogens is 775 g/mol. The monoisotopic (exact) mass is 821 g/mol. The van der Waals surface area contributed by atoms with Crippen LogP contribution in [0.4, 0.5) is 28.9 Å². The summed E-state index contributed by atoms with van der Waals surface area (Å²) in [5.74, 6) is -1.16. The maximum Gasteiger partial charge on any atom is 0.433 e. The molecule has 2 N–H and O–H groups in total. The van der Waals surface area contributed by atoms with Gasteiger partial charge in [-0.2, -0.15) is 18.3 Å². The van der Waals surface area contributed by atoms with Crippen LogP contribution in [0.25, 0.3) is 21.9 Å². The number of amides is 3. The molecule has 3 atom stereocenters. The van der Waals surface area contributed by atoms with E-state index in [1.807, 2.05) is 46.9 Å². The minimum atomic E-state index is -4.62. The summed E-state index contributed by atoms with van der Waals surface area (Å²) in [5.41, 5.74) is 1.39. The first-order chi connectivity index (χ1) is 28.1. The van der Waals surface area contributed by atoms with Gasteiger partial charge in [0, 0.05) is 43.7 Å². The van der Waals surface area contributed by atoms with Gasteiger partial charge in [0.2, 0.25) is 11.8 Å². The Bertz CT molecular complexity index is 2440. The van der Waals surface area contributed by atoms with E-state index >= 15 is 0 Å². The summed E-state index contributed by atoms with van der Waals surface area (Å²) < 4.78 is 63.7. The molecule has 2 saturated heterocycles. The standard InChI is InChI=1S/C21H21F3N4O2.C20H26FN5O3/c1-30-18-11-16-13(12-28(27-16)14-6-3-2-4-7-14)10-17(18)26-20(29)15-8-5-9-19(25-15)21(22,23)24;1-23(2)13-9-10-25(11-12(13)21)14-5-4-6-15-18(14)24(3)20(29)26(15)16-7-8-17(27)22-19(16)28/h5,8-12,14H,2-4,6-7H2,1H3,(H,26,29);4-6,12-13,16H,7-11H2,1-3H3,(H,22,27,28). The number of hydrogen-bond acceptors (Lipinski definition) is 9. The Labute approximate surface area is 337 Å². The molecule has 2 aromatic carbocycles. The number of pyridine rings is 1. The number of alkyl halides is 4. The molecule has 314 valence electrons. The maximum atomic E-state index is 14.8. The number of aromatic nitrogens is 5. The van der Waals surface area contributed by atoms with E-state index in [1.54, 1.807) is 25.2 Å². The number of nitrogens with one attached hydrogen (secondary N) is 2. The van der Waals surface area contributed by atoms with Crippen LogP contribution in [0.15, 0.2) is 59.5 Å². The van der Waals surface area contributed by atoms with Crippen LogP contribution in [0.1, 0.15) is 79.6 Å². The van der Waals surface area contributed by atoms with Crippen molar-refractivity contribution < 1.29 is 36.7 Å². The Morgan fingerprint density at radius 1 is 1.00 bits per heavy atom. The molecular formula is C41H47F4N9O5. The van der Waals surface area contributed by atoms with Crippen LogP contribution in [0.2, 0.25) is 0 Å². The molecule has 3 unspecified atom stereocenters. The Kier molecular flexibility index (Phi) is 11.8. The molecule has 14 nitrogen and oxygen atoms in total. The quantitative estimate of drug-likeness (QED) is 0.149. The number of nitrogens with zero attached hydrogens (tertiary/aromatic N) is 7. The van der Waals surface area contributed by atoms with Gasteiger partial charge in [0.05, 0.1) is 47.6 Å². The fourth-order valence-electron chi connectivity index (χ4n) is 8.37. The number of hydrogen-bond donors (Lipinski definition) is 2. The largest absolute Gasteiger partial charge is 0.494 e. The van der Waals surface area contributed by atoms with Crippen LogP contribution in [-0.4, -0.2) is 93.0 Å². The Morgan fingerprint density at radius 3 is 2.42 bits per heavy atom. The summed E-state index contributed by atoms with van der Waals surface area (Å²) >= 11 is 0. The van der Waals surface area contributed by atoms with Gasteiger partial charge < -0.3 is 19.9 Å². The molecule has 8 rings (SSSR count).